The second-order valence-electron chi connectivity index (χ2n) is 6.43. The summed E-state index contributed by atoms with van der Waals surface area (Å²) in [5, 5.41) is 3.16. The van der Waals surface area contributed by atoms with E-state index in [0.717, 1.165) is 12.1 Å². The van der Waals surface area contributed by atoms with Crippen LogP contribution in [0.25, 0.3) is 10.8 Å². The Morgan fingerprint density at radius 3 is 2.43 bits per heavy atom. The fourth-order valence-electron chi connectivity index (χ4n) is 2.91. The molecule has 2 aromatic carbocycles. The van der Waals surface area contributed by atoms with Crippen LogP contribution in [0, 0.1) is 17.5 Å². The number of nitrogens with zero attached hydrogens (tertiary/aromatic N) is 1. The van der Waals surface area contributed by atoms with Crippen LogP contribution in [0.3, 0.4) is 0 Å². The van der Waals surface area contributed by atoms with Gasteiger partial charge in [-0.2, -0.15) is 0 Å². The van der Waals surface area contributed by atoms with E-state index in [4.69, 9.17) is 5.73 Å². The van der Waals surface area contributed by atoms with Crippen molar-refractivity contribution in [1.82, 2.24) is 4.57 Å². The van der Waals surface area contributed by atoms with Gasteiger partial charge in [-0.25, -0.2) is 13.2 Å². The van der Waals surface area contributed by atoms with Gasteiger partial charge in [-0.15, -0.1) is 0 Å². The molecule has 3 aromatic rings. The summed E-state index contributed by atoms with van der Waals surface area (Å²) >= 11 is 0. The van der Waals surface area contributed by atoms with Crippen molar-refractivity contribution in [3.63, 3.8) is 0 Å². The molecular weight excluding hydrogens is 399 g/mol. The third-order valence-electron chi connectivity index (χ3n) is 4.54. The average molecular weight is 419 g/mol. The summed E-state index contributed by atoms with van der Waals surface area (Å²) in [6.45, 7) is 1.48. The summed E-state index contributed by atoms with van der Waals surface area (Å²) in [7, 11) is 0. The van der Waals surface area contributed by atoms with Crippen LogP contribution in [0.5, 0.6) is 0 Å². The first-order valence-electron chi connectivity index (χ1n) is 8.56. The second kappa shape index (κ2) is 8.81. The normalized spacial score (nSPS) is 11.6. The molecule has 2 amide bonds. The van der Waals surface area contributed by atoms with Crippen LogP contribution in [-0.2, 0) is 16.0 Å². The highest BCUT2D eigenvalue weighted by Gasteiger charge is 2.18. The van der Waals surface area contributed by atoms with Crippen molar-refractivity contribution < 1.29 is 22.8 Å². The number of nitrogens with one attached hydrogen (secondary N) is 1. The number of anilines is 1. The zero-order valence-electron chi connectivity index (χ0n) is 15.2. The van der Waals surface area contributed by atoms with E-state index >= 15 is 0 Å². The van der Waals surface area contributed by atoms with Crippen molar-refractivity contribution in [2.24, 2.45) is 5.73 Å². The number of hydrogen-bond acceptors (Lipinski definition) is 3. The van der Waals surface area contributed by atoms with Crippen LogP contribution in [0.1, 0.15) is 26.0 Å². The first kappa shape index (κ1) is 22.7. The van der Waals surface area contributed by atoms with Gasteiger partial charge >= 0.3 is 0 Å². The highest BCUT2D eigenvalue weighted by molar-refractivity contribution is 6.02. The van der Waals surface area contributed by atoms with Crippen molar-refractivity contribution in [2.75, 3.05) is 5.32 Å². The van der Waals surface area contributed by atoms with Crippen molar-refractivity contribution in [3.8, 4) is 0 Å². The van der Waals surface area contributed by atoms with Crippen molar-refractivity contribution in [2.45, 2.75) is 26.8 Å². The van der Waals surface area contributed by atoms with Gasteiger partial charge in [-0.3, -0.25) is 14.4 Å². The van der Waals surface area contributed by atoms with Crippen LogP contribution in [0.4, 0.5) is 18.9 Å². The van der Waals surface area contributed by atoms with E-state index in [1.807, 2.05) is 0 Å². The summed E-state index contributed by atoms with van der Waals surface area (Å²) in [5.74, 6) is -5.78. The van der Waals surface area contributed by atoms with Crippen molar-refractivity contribution >= 4 is 28.3 Å². The summed E-state index contributed by atoms with van der Waals surface area (Å²) in [6, 6.07) is 6.97. The van der Waals surface area contributed by atoms with Crippen molar-refractivity contribution in [1.29, 1.82) is 0 Å². The molecule has 0 spiro atoms. The maximum atomic E-state index is 13.8. The minimum atomic E-state index is -1.65. The van der Waals surface area contributed by atoms with Crippen LogP contribution in [0.15, 0.2) is 47.4 Å². The summed E-state index contributed by atoms with van der Waals surface area (Å²) in [5.41, 5.74) is 4.73. The Balaban J connectivity index is 0.00000320. The van der Waals surface area contributed by atoms with Crippen LogP contribution < -0.4 is 16.6 Å². The lowest BCUT2D eigenvalue weighted by Crippen LogP contribution is -2.31. The zero-order chi connectivity index (χ0) is 21.3. The highest BCUT2D eigenvalue weighted by atomic mass is 19.2. The van der Waals surface area contributed by atoms with Crippen LogP contribution in [0.2, 0.25) is 0 Å². The minimum absolute atomic E-state index is 0. The Bertz CT molecular complexity index is 1190. The van der Waals surface area contributed by atoms with Gasteiger partial charge in [0.2, 0.25) is 11.8 Å². The molecule has 1 aromatic heterocycles. The van der Waals surface area contributed by atoms with Crippen LogP contribution >= 0.6 is 0 Å². The Labute approximate surface area is 170 Å². The molecule has 0 radical (unpaired) electrons. The van der Waals surface area contributed by atoms with E-state index in [1.165, 1.54) is 42.0 Å². The Kier molecular flexibility index (Phi) is 6.66. The molecule has 3 N–H and O–H groups in total. The molecule has 0 aliphatic heterocycles. The van der Waals surface area contributed by atoms with Gasteiger partial charge in [0.25, 0.3) is 5.56 Å². The third kappa shape index (κ3) is 4.19. The molecule has 0 saturated heterocycles. The number of primary amides is 1. The van der Waals surface area contributed by atoms with E-state index in [2.05, 4.69) is 5.32 Å². The Morgan fingerprint density at radius 2 is 1.77 bits per heavy atom. The molecule has 0 bridgehead atoms. The maximum absolute atomic E-state index is 13.8. The molecule has 1 atom stereocenters. The fraction of sp³-hybridized carbons (Fsp3) is 0.190. The number of pyridine rings is 1. The average Bonchev–Trinajstić information content (AvgIpc) is 2.68. The smallest absolute Gasteiger partial charge is 0.259 e. The molecule has 9 heteroatoms. The number of benzene rings is 2. The summed E-state index contributed by atoms with van der Waals surface area (Å²) in [6.07, 6.45) is 0.847. The SMILES string of the molecule is C.C[C@H](C(N)=O)n1ccc2c(NC(=O)Cc3ccc(F)c(F)c3F)cccc2c1=O. The van der Waals surface area contributed by atoms with E-state index in [0.29, 0.717) is 5.39 Å². The number of hydrogen-bond donors (Lipinski definition) is 2. The van der Waals surface area contributed by atoms with Crippen molar-refractivity contribution in [3.05, 3.63) is 76.0 Å². The van der Waals surface area contributed by atoms with Gasteiger partial charge in [-0.1, -0.05) is 19.6 Å². The number of aromatic nitrogens is 1. The number of carbonyl (C=O) groups is 2. The number of rotatable bonds is 5. The lowest BCUT2D eigenvalue weighted by molar-refractivity contribution is -0.120. The summed E-state index contributed by atoms with van der Waals surface area (Å²) in [4.78, 5) is 36.3. The number of halogens is 3. The van der Waals surface area contributed by atoms with Gasteiger partial charge in [0, 0.05) is 28.2 Å². The number of fused-ring (bicyclic) bond motifs is 1. The molecule has 0 fully saturated rings. The number of amides is 2. The van der Waals surface area contributed by atoms with Crippen LogP contribution in [-0.4, -0.2) is 16.4 Å². The topological polar surface area (TPSA) is 94.2 Å². The fourth-order valence-corrected chi connectivity index (χ4v) is 2.91. The van der Waals surface area contributed by atoms with E-state index in [9.17, 15) is 27.6 Å². The second-order valence-corrected chi connectivity index (χ2v) is 6.43. The molecule has 0 aliphatic carbocycles. The molecule has 0 saturated carbocycles. The Morgan fingerprint density at radius 1 is 1.07 bits per heavy atom. The molecule has 3 rings (SSSR count). The highest BCUT2D eigenvalue weighted by Crippen LogP contribution is 2.22. The molecule has 0 aliphatic rings. The van der Waals surface area contributed by atoms with Gasteiger partial charge in [0.05, 0.1) is 6.42 Å². The Hall–Kier alpha value is -3.62. The zero-order valence-corrected chi connectivity index (χ0v) is 15.2. The van der Waals surface area contributed by atoms with Gasteiger partial charge in [0.15, 0.2) is 17.5 Å². The molecule has 158 valence electrons. The minimum Gasteiger partial charge on any atom is -0.368 e. The lowest BCUT2D eigenvalue weighted by atomic mass is 10.1. The number of nitrogens with two attached hydrogens (primary N) is 1. The predicted molar refractivity (Wildman–Crippen MR) is 107 cm³/mol. The monoisotopic (exact) mass is 419 g/mol. The van der Waals surface area contributed by atoms with Gasteiger partial charge < -0.3 is 15.6 Å². The van der Waals surface area contributed by atoms with E-state index in [1.54, 1.807) is 0 Å². The third-order valence-corrected chi connectivity index (χ3v) is 4.54. The van der Waals surface area contributed by atoms with E-state index < -0.39 is 47.3 Å². The quantitative estimate of drug-likeness (QED) is 0.622. The molecule has 0 unspecified atom stereocenters. The van der Waals surface area contributed by atoms with Gasteiger partial charge in [0.1, 0.15) is 6.04 Å². The van der Waals surface area contributed by atoms with E-state index in [-0.39, 0.29) is 24.1 Å². The standard InChI is InChI=1S/C20H16F3N3O3.CH4/c1-10(19(24)28)26-8-7-12-13(20(26)29)3-2-4-15(12)25-16(27)9-11-5-6-14(21)18(23)17(11)22;/h2-8,10H,9H2,1H3,(H2,24,28)(H,25,27);1H4/t10-;/m1./s1. The molecular formula is C21H20F3N3O3. The van der Waals surface area contributed by atoms with Gasteiger partial charge in [-0.05, 0) is 31.2 Å². The molecule has 1 heterocycles. The molecule has 30 heavy (non-hydrogen) atoms. The first-order chi connectivity index (χ1) is 13.7. The first-order valence-corrected chi connectivity index (χ1v) is 8.56. The largest absolute Gasteiger partial charge is 0.368 e. The number of carbonyl (C=O) groups excluding carboxylic acids is 2. The maximum Gasteiger partial charge on any atom is 0.259 e. The lowest BCUT2D eigenvalue weighted by Gasteiger charge is -2.14. The summed E-state index contributed by atoms with van der Waals surface area (Å²) < 4.78 is 41.3. The molecule has 6 nitrogen and oxygen atoms in total. The predicted octanol–water partition coefficient (Wildman–Crippen LogP) is 3.28.